The number of aryl methyl sites for hydroxylation is 1. The predicted molar refractivity (Wildman–Crippen MR) is 83.6 cm³/mol. The monoisotopic (exact) mass is 264 g/mol. The highest BCUT2D eigenvalue weighted by Gasteiger charge is 2.14. The quantitative estimate of drug-likeness (QED) is 0.507. The number of aromatic amines is 1. The molecule has 110 valence electrons. The number of rotatable bonds is 11. The van der Waals surface area contributed by atoms with E-state index in [4.69, 9.17) is 0 Å². The lowest BCUT2D eigenvalue weighted by Gasteiger charge is -2.16. The molecule has 0 saturated heterocycles. The van der Waals surface area contributed by atoms with Gasteiger partial charge in [0, 0.05) is 5.69 Å². The molecule has 0 aliphatic carbocycles. The molecule has 0 fully saturated rings. The van der Waals surface area contributed by atoms with Crippen molar-refractivity contribution in [3.05, 3.63) is 17.5 Å². The minimum atomic E-state index is 0.729. The highest BCUT2D eigenvalue weighted by Crippen LogP contribution is 2.29. The van der Waals surface area contributed by atoms with Gasteiger partial charge in [-0.2, -0.15) is 5.10 Å². The standard InChI is InChI=1S/C17H32N2/c1-4-6-8-10-12-16(13-11-9-7-5-2)17-14-18-19-15(17)3/h14,16H,4-13H2,1-3H3,(H,18,19). The fourth-order valence-electron chi connectivity index (χ4n) is 2.86. The molecule has 0 unspecified atom stereocenters. The number of hydrogen-bond acceptors (Lipinski definition) is 1. The third kappa shape index (κ3) is 6.26. The van der Waals surface area contributed by atoms with Crippen molar-refractivity contribution in [1.29, 1.82) is 0 Å². The zero-order chi connectivity index (χ0) is 13.9. The van der Waals surface area contributed by atoms with E-state index in [9.17, 15) is 0 Å². The summed E-state index contributed by atoms with van der Waals surface area (Å²) in [5, 5.41) is 7.31. The number of nitrogens with one attached hydrogen (secondary N) is 1. The molecule has 1 aromatic heterocycles. The summed E-state index contributed by atoms with van der Waals surface area (Å²) in [6.07, 6.45) is 15.7. The van der Waals surface area contributed by atoms with Crippen LogP contribution in [0.2, 0.25) is 0 Å². The van der Waals surface area contributed by atoms with Crippen molar-refractivity contribution in [2.24, 2.45) is 0 Å². The van der Waals surface area contributed by atoms with Gasteiger partial charge in [-0.1, -0.05) is 65.2 Å². The summed E-state index contributed by atoms with van der Waals surface area (Å²) in [6.45, 7) is 6.72. The van der Waals surface area contributed by atoms with E-state index < -0.39 is 0 Å². The first-order chi connectivity index (χ1) is 9.29. The second-order valence-electron chi connectivity index (χ2n) is 5.85. The minimum absolute atomic E-state index is 0.729. The molecule has 0 atom stereocenters. The summed E-state index contributed by atoms with van der Waals surface area (Å²) >= 11 is 0. The molecular formula is C17H32N2. The highest BCUT2D eigenvalue weighted by atomic mass is 15.1. The molecule has 1 heterocycles. The van der Waals surface area contributed by atoms with Gasteiger partial charge in [-0.25, -0.2) is 0 Å². The van der Waals surface area contributed by atoms with Crippen molar-refractivity contribution in [2.75, 3.05) is 0 Å². The summed E-state index contributed by atoms with van der Waals surface area (Å²) < 4.78 is 0. The number of aromatic nitrogens is 2. The molecule has 1 N–H and O–H groups in total. The minimum Gasteiger partial charge on any atom is -0.283 e. The van der Waals surface area contributed by atoms with Crippen molar-refractivity contribution in [1.82, 2.24) is 10.2 Å². The summed E-state index contributed by atoms with van der Waals surface area (Å²) in [6, 6.07) is 0. The summed E-state index contributed by atoms with van der Waals surface area (Å²) in [4.78, 5) is 0. The normalized spacial score (nSPS) is 11.4. The molecule has 0 amide bonds. The van der Waals surface area contributed by atoms with Gasteiger partial charge in [0.15, 0.2) is 0 Å². The molecule has 0 aromatic carbocycles. The van der Waals surface area contributed by atoms with Gasteiger partial charge in [-0.3, -0.25) is 5.10 Å². The van der Waals surface area contributed by atoms with Crippen molar-refractivity contribution < 1.29 is 0 Å². The van der Waals surface area contributed by atoms with Crippen LogP contribution in [-0.2, 0) is 0 Å². The van der Waals surface area contributed by atoms with Crippen molar-refractivity contribution in [3.63, 3.8) is 0 Å². The zero-order valence-electron chi connectivity index (χ0n) is 13.2. The Balaban J connectivity index is 2.41. The van der Waals surface area contributed by atoms with Gasteiger partial charge in [0.05, 0.1) is 6.20 Å². The maximum Gasteiger partial charge on any atom is 0.0524 e. The van der Waals surface area contributed by atoms with Crippen LogP contribution in [0.15, 0.2) is 6.20 Å². The van der Waals surface area contributed by atoms with Gasteiger partial charge in [0.1, 0.15) is 0 Å². The molecule has 0 aliphatic rings. The maximum absolute atomic E-state index is 4.21. The van der Waals surface area contributed by atoms with Gasteiger partial charge >= 0.3 is 0 Å². The molecule has 0 spiro atoms. The first-order valence-electron chi connectivity index (χ1n) is 8.29. The van der Waals surface area contributed by atoms with Crippen LogP contribution in [0.3, 0.4) is 0 Å². The van der Waals surface area contributed by atoms with E-state index >= 15 is 0 Å². The van der Waals surface area contributed by atoms with Crippen LogP contribution in [-0.4, -0.2) is 10.2 Å². The summed E-state index contributed by atoms with van der Waals surface area (Å²) in [7, 11) is 0. The second kappa shape index (κ2) is 10.1. The molecule has 19 heavy (non-hydrogen) atoms. The molecule has 0 saturated carbocycles. The molecule has 1 aromatic rings. The van der Waals surface area contributed by atoms with Crippen LogP contribution in [0.1, 0.15) is 95.2 Å². The van der Waals surface area contributed by atoms with E-state index in [0.29, 0.717) is 0 Å². The second-order valence-corrected chi connectivity index (χ2v) is 5.85. The largest absolute Gasteiger partial charge is 0.283 e. The van der Waals surface area contributed by atoms with Crippen molar-refractivity contribution in [2.45, 2.75) is 90.9 Å². The Morgan fingerprint density at radius 3 is 1.95 bits per heavy atom. The number of unbranched alkanes of at least 4 members (excludes halogenated alkanes) is 6. The van der Waals surface area contributed by atoms with Gasteiger partial charge in [-0.15, -0.1) is 0 Å². The Bertz CT molecular complexity index is 305. The van der Waals surface area contributed by atoms with E-state index in [2.05, 4.69) is 37.2 Å². The summed E-state index contributed by atoms with van der Waals surface area (Å²) in [5.41, 5.74) is 2.74. The number of nitrogens with zero attached hydrogens (tertiary/aromatic N) is 1. The molecule has 0 bridgehead atoms. The van der Waals surface area contributed by atoms with Crippen molar-refractivity contribution in [3.8, 4) is 0 Å². The zero-order valence-corrected chi connectivity index (χ0v) is 13.2. The Labute approximate surface area is 119 Å². The summed E-state index contributed by atoms with van der Waals surface area (Å²) in [5.74, 6) is 0.729. The number of hydrogen-bond donors (Lipinski definition) is 1. The lowest BCUT2D eigenvalue weighted by atomic mass is 9.88. The van der Waals surface area contributed by atoms with Crippen LogP contribution < -0.4 is 0 Å². The van der Waals surface area contributed by atoms with Gasteiger partial charge in [0.2, 0.25) is 0 Å². The maximum atomic E-state index is 4.21. The van der Waals surface area contributed by atoms with E-state index in [1.807, 2.05) is 0 Å². The van der Waals surface area contributed by atoms with Gasteiger partial charge in [-0.05, 0) is 31.2 Å². The molecule has 1 rings (SSSR count). The highest BCUT2D eigenvalue weighted by molar-refractivity contribution is 5.19. The third-order valence-electron chi connectivity index (χ3n) is 4.12. The van der Waals surface area contributed by atoms with Gasteiger partial charge < -0.3 is 0 Å². The number of H-pyrrole nitrogens is 1. The van der Waals surface area contributed by atoms with Gasteiger partial charge in [0.25, 0.3) is 0 Å². The average molecular weight is 264 g/mol. The predicted octanol–water partition coefficient (Wildman–Crippen LogP) is 5.74. The molecule has 2 nitrogen and oxygen atoms in total. The first-order valence-corrected chi connectivity index (χ1v) is 8.29. The first kappa shape index (κ1) is 16.3. The van der Waals surface area contributed by atoms with Crippen LogP contribution in [0.4, 0.5) is 0 Å². The van der Waals surface area contributed by atoms with E-state index in [1.54, 1.807) is 0 Å². The fourth-order valence-corrected chi connectivity index (χ4v) is 2.86. The van der Waals surface area contributed by atoms with E-state index in [1.165, 1.54) is 75.5 Å². The Morgan fingerprint density at radius 2 is 1.53 bits per heavy atom. The molecular weight excluding hydrogens is 232 g/mol. The SMILES string of the molecule is CCCCCCC(CCCCCC)c1cn[nH]c1C. The molecule has 0 aliphatic heterocycles. The Hall–Kier alpha value is -0.790. The van der Waals surface area contributed by atoms with E-state index in [0.717, 1.165) is 5.92 Å². The Morgan fingerprint density at radius 1 is 0.947 bits per heavy atom. The topological polar surface area (TPSA) is 28.7 Å². The Kier molecular flexibility index (Phi) is 8.61. The smallest absolute Gasteiger partial charge is 0.0524 e. The van der Waals surface area contributed by atoms with Crippen LogP contribution in [0.25, 0.3) is 0 Å². The fraction of sp³-hybridized carbons (Fsp3) is 0.824. The molecule has 0 radical (unpaired) electrons. The van der Waals surface area contributed by atoms with Crippen LogP contribution >= 0.6 is 0 Å². The third-order valence-corrected chi connectivity index (χ3v) is 4.12. The lowest BCUT2D eigenvalue weighted by molar-refractivity contribution is 0.495. The van der Waals surface area contributed by atoms with Crippen LogP contribution in [0.5, 0.6) is 0 Å². The van der Waals surface area contributed by atoms with Crippen molar-refractivity contribution >= 4 is 0 Å². The lowest BCUT2D eigenvalue weighted by Crippen LogP contribution is -2.00. The molecule has 2 heteroatoms. The average Bonchev–Trinajstić information content (AvgIpc) is 2.83. The van der Waals surface area contributed by atoms with Crippen LogP contribution in [0, 0.1) is 6.92 Å². The van der Waals surface area contributed by atoms with E-state index in [-0.39, 0.29) is 0 Å².